The molecule has 0 aliphatic heterocycles. The van der Waals surface area contributed by atoms with Crippen LogP contribution in [0.2, 0.25) is 0 Å². The van der Waals surface area contributed by atoms with Crippen molar-refractivity contribution < 1.29 is 5.11 Å². The molecule has 3 N–H and O–H groups in total. The molecular formula is C7H12N2O. The van der Waals surface area contributed by atoms with E-state index in [0.717, 1.165) is 19.3 Å². The summed E-state index contributed by atoms with van der Waals surface area (Å²) in [5, 5.41) is 17.7. The Labute approximate surface area is 60.4 Å². The van der Waals surface area contributed by atoms with Crippen molar-refractivity contribution in [2.45, 2.75) is 37.3 Å². The maximum absolute atomic E-state index is 9.14. The van der Waals surface area contributed by atoms with Crippen LogP contribution < -0.4 is 5.73 Å². The molecule has 10 heavy (non-hydrogen) atoms. The van der Waals surface area contributed by atoms with Gasteiger partial charge in [-0.05, 0) is 19.3 Å². The number of nitrogens with zero attached hydrogens (tertiary/aromatic N) is 1. The van der Waals surface area contributed by atoms with E-state index >= 15 is 0 Å². The van der Waals surface area contributed by atoms with E-state index < -0.39 is 5.54 Å². The van der Waals surface area contributed by atoms with Gasteiger partial charge in [-0.1, -0.05) is 0 Å². The van der Waals surface area contributed by atoms with Crippen LogP contribution in [0, 0.1) is 11.3 Å². The molecule has 0 aromatic carbocycles. The molecule has 0 aromatic rings. The fourth-order valence-electron chi connectivity index (χ4n) is 1.38. The van der Waals surface area contributed by atoms with Gasteiger partial charge in [-0.3, -0.25) is 0 Å². The number of aliphatic hydroxyl groups excluding tert-OH is 1. The monoisotopic (exact) mass is 140 g/mol. The smallest absolute Gasteiger partial charge is 0.106 e. The molecule has 2 unspecified atom stereocenters. The first-order chi connectivity index (χ1) is 4.66. The molecule has 2 atom stereocenters. The van der Waals surface area contributed by atoms with Crippen molar-refractivity contribution >= 4 is 0 Å². The highest BCUT2D eigenvalue weighted by Crippen LogP contribution is 2.25. The van der Waals surface area contributed by atoms with Gasteiger partial charge in [-0.25, -0.2) is 0 Å². The minimum absolute atomic E-state index is 0.363. The minimum atomic E-state index is -0.752. The van der Waals surface area contributed by atoms with Crippen molar-refractivity contribution in [3.63, 3.8) is 0 Å². The van der Waals surface area contributed by atoms with Crippen LogP contribution in [0.4, 0.5) is 0 Å². The Hall–Kier alpha value is -0.590. The van der Waals surface area contributed by atoms with E-state index in [4.69, 9.17) is 16.1 Å². The highest BCUT2D eigenvalue weighted by Gasteiger charge is 2.31. The van der Waals surface area contributed by atoms with E-state index in [9.17, 15) is 0 Å². The Balaban J connectivity index is 2.56. The third kappa shape index (κ3) is 1.47. The van der Waals surface area contributed by atoms with Crippen LogP contribution in [-0.4, -0.2) is 16.7 Å². The molecule has 3 heteroatoms. The fourth-order valence-corrected chi connectivity index (χ4v) is 1.38. The van der Waals surface area contributed by atoms with E-state index in [1.54, 1.807) is 0 Å². The normalized spacial score (nSPS) is 40.7. The van der Waals surface area contributed by atoms with Gasteiger partial charge in [0.2, 0.25) is 0 Å². The standard InChI is InChI=1S/C7H12N2O/c8-5-7(9)3-1-2-6(10)4-7/h6,10H,1-4,9H2. The molecule has 0 amide bonds. The lowest BCUT2D eigenvalue weighted by molar-refractivity contribution is 0.104. The lowest BCUT2D eigenvalue weighted by atomic mass is 9.82. The zero-order valence-electron chi connectivity index (χ0n) is 5.88. The van der Waals surface area contributed by atoms with Gasteiger partial charge in [0.15, 0.2) is 0 Å². The van der Waals surface area contributed by atoms with Gasteiger partial charge in [-0.15, -0.1) is 0 Å². The summed E-state index contributed by atoms with van der Waals surface area (Å²) in [6, 6.07) is 2.03. The second-order valence-electron chi connectivity index (χ2n) is 3.02. The van der Waals surface area contributed by atoms with Gasteiger partial charge in [-0.2, -0.15) is 5.26 Å². The van der Waals surface area contributed by atoms with Crippen LogP contribution in [0.3, 0.4) is 0 Å². The topological polar surface area (TPSA) is 70.0 Å². The summed E-state index contributed by atoms with van der Waals surface area (Å²) >= 11 is 0. The van der Waals surface area contributed by atoms with Crippen molar-refractivity contribution in [2.75, 3.05) is 0 Å². The third-order valence-corrected chi connectivity index (χ3v) is 1.98. The molecule has 3 nitrogen and oxygen atoms in total. The Kier molecular flexibility index (Phi) is 1.93. The van der Waals surface area contributed by atoms with Crippen molar-refractivity contribution in [1.82, 2.24) is 0 Å². The first kappa shape index (κ1) is 7.52. The zero-order chi connectivity index (χ0) is 7.61. The molecule has 1 saturated carbocycles. The largest absolute Gasteiger partial charge is 0.393 e. The molecule has 0 spiro atoms. The molecule has 1 rings (SSSR count). The van der Waals surface area contributed by atoms with Crippen molar-refractivity contribution in [1.29, 1.82) is 5.26 Å². The average Bonchev–Trinajstić information content (AvgIpc) is 1.88. The summed E-state index contributed by atoms with van der Waals surface area (Å²) in [6.45, 7) is 0. The van der Waals surface area contributed by atoms with Crippen LogP contribution in [0.25, 0.3) is 0 Å². The van der Waals surface area contributed by atoms with Crippen LogP contribution in [0.1, 0.15) is 25.7 Å². The molecular weight excluding hydrogens is 128 g/mol. The first-order valence-corrected chi connectivity index (χ1v) is 3.54. The van der Waals surface area contributed by atoms with Gasteiger partial charge in [0.1, 0.15) is 5.54 Å². The van der Waals surface area contributed by atoms with E-state index in [0.29, 0.717) is 6.42 Å². The SMILES string of the molecule is N#CC1(N)CCCC(O)C1. The van der Waals surface area contributed by atoms with Crippen LogP contribution >= 0.6 is 0 Å². The predicted octanol–water partition coefficient (Wildman–Crippen LogP) is 0.142. The molecule has 1 aliphatic carbocycles. The molecule has 0 bridgehead atoms. The molecule has 1 fully saturated rings. The van der Waals surface area contributed by atoms with Crippen molar-refractivity contribution in [2.24, 2.45) is 5.73 Å². The number of rotatable bonds is 0. The molecule has 56 valence electrons. The second kappa shape index (κ2) is 2.57. The van der Waals surface area contributed by atoms with Gasteiger partial charge < -0.3 is 10.8 Å². The minimum Gasteiger partial charge on any atom is -0.393 e. The highest BCUT2D eigenvalue weighted by atomic mass is 16.3. The molecule has 0 heterocycles. The zero-order valence-corrected chi connectivity index (χ0v) is 5.88. The van der Waals surface area contributed by atoms with Crippen LogP contribution in [0.15, 0.2) is 0 Å². The summed E-state index contributed by atoms with van der Waals surface area (Å²) in [6.07, 6.45) is 2.45. The molecule has 1 aliphatic rings. The van der Waals surface area contributed by atoms with Gasteiger partial charge in [0.05, 0.1) is 12.2 Å². The maximum atomic E-state index is 9.14. The number of nitrogens with two attached hydrogens (primary N) is 1. The summed E-state index contributed by atoms with van der Waals surface area (Å²) in [5.74, 6) is 0. The molecule has 0 saturated heterocycles. The number of aliphatic hydroxyl groups is 1. The summed E-state index contributed by atoms with van der Waals surface area (Å²) in [5.41, 5.74) is 4.88. The number of nitriles is 1. The number of hydrogen-bond acceptors (Lipinski definition) is 3. The van der Waals surface area contributed by atoms with E-state index in [1.165, 1.54) is 0 Å². The Bertz CT molecular complexity index is 163. The summed E-state index contributed by atoms with van der Waals surface area (Å²) < 4.78 is 0. The average molecular weight is 140 g/mol. The van der Waals surface area contributed by atoms with Gasteiger partial charge in [0.25, 0.3) is 0 Å². The van der Waals surface area contributed by atoms with Gasteiger partial charge in [0, 0.05) is 6.42 Å². The number of hydrogen-bond donors (Lipinski definition) is 2. The predicted molar refractivity (Wildman–Crippen MR) is 37.0 cm³/mol. The van der Waals surface area contributed by atoms with Crippen LogP contribution in [-0.2, 0) is 0 Å². The lowest BCUT2D eigenvalue weighted by Gasteiger charge is -2.29. The Morgan fingerprint density at radius 1 is 1.70 bits per heavy atom. The summed E-state index contributed by atoms with van der Waals surface area (Å²) in [7, 11) is 0. The van der Waals surface area contributed by atoms with E-state index in [-0.39, 0.29) is 6.10 Å². The molecule has 0 aromatic heterocycles. The fraction of sp³-hybridized carbons (Fsp3) is 0.857. The lowest BCUT2D eigenvalue weighted by Crippen LogP contribution is -2.44. The second-order valence-corrected chi connectivity index (χ2v) is 3.02. The Morgan fingerprint density at radius 2 is 2.40 bits per heavy atom. The molecule has 0 radical (unpaired) electrons. The van der Waals surface area contributed by atoms with Crippen molar-refractivity contribution in [3.8, 4) is 6.07 Å². The van der Waals surface area contributed by atoms with Gasteiger partial charge >= 0.3 is 0 Å². The maximum Gasteiger partial charge on any atom is 0.106 e. The van der Waals surface area contributed by atoms with Crippen LogP contribution in [0.5, 0.6) is 0 Å². The Morgan fingerprint density at radius 3 is 2.80 bits per heavy atom. The quantitative estimate of drug-likeness (QED) is 0.503. The van der Waals surface area contributed by atoms with E-state index in [2.05, 4.69) is 0 Å². The highest BCUT2D eigenvalue weighted by molar-refractivity contribution is 5.07. The summed E-state index contributed by atoms with van der Waals surface area (Å²) in [4.78, 5) is 0. The van der Waals surface area contributed by atoms with E-state index in [1.807, 2.05) is 6.07 Å². The van der Waals surface area contributed by atoms with Crippen molar-refractivity contribution in [3.05, 3.63) is 0 Å². The third-order valence-electron chi connectivity index (χ3n) is 1.98. The first-order valence-electron chi connectivity index (χ1n) is 3.54.